The number of nitrogens with zero attached hydrogens (tertiary/aromatic N) is 1. The summed E-state index contributed by atoms with van der Waals surface area (Å²) in [5.41, 5.74) is 0.713. The summed E-state index contributed by atoms with van der Waals surface area (Å²) in [6.45, 7) is 0.377. The molecule has 0 fully saturated rings. The minimum atomic E-state index is -0.534. The number of anilines is 1. The predicted molar refractivity (Wildman–Crippen MR) is 67.3 cm³/mol. The zero-order valence-electron chi connectivity index (χ0n) is 8.82. The molecule has 2 N–H and O–H groups in total. The number of benzene rings is 1. The largest absolute Gasteiger partial charge is 0.508 e. The Morgan fingerprint density at radius 2 is 2.12 bits per heavy atom. The van der Waals surface area contributed by atoms with Gasteiger partial charge in [0.05, 0.1) is 0 Å². The van der Waals surface area contributed by atoms with Gasteiger partial charge in [-0.05, 0) is 30.3 Å². The van der Waals surface area contributed by atoms with Crippen molar-refractivity contribution in [3.8, 4) is 5.75 Å². The second kappa shape index (κ2) is 5.14. The molecule has 0 amide bonds. The normalized spacial score (nSPS) is 10.2. The highest BCUT2D eigenvalue weighted by Gasteiger charge is 2.02. The maximum atomic E-state index is 12.8. The quantitative estimate of drug-likeness (QED) is 0.854. The summed E-state index contributed by atoms with van der Waals surface area (Å²) in [5.74, 6) is 0.0925. The number of aromatic hydroxyl groups is 1. The summed E-state index contributed by atoms with van der Waals surface area (Å²) in [7, 11) is 0. The van der Waals surface area contributed by atoms with Gasteiger partial charge in [0.15, 0.2) is 0 Å². The van der Waals surface area contributed by atoms with E-state index in [4.69, 9.17) is 0 Å². The highest BCUT2D eigenvalue weighted by Crippen LogP contribution is 2.22. The lowest BCUT2D eigenvalue weighted by molar-refractivity contribution is 0.469. The molecular formula is C12H10BrFN2O. The zero-order chi connectivity index (χ0) is 12.3. The summed E-state index contributed by atoms with van der Waals surface area (Å²) in [4.78, 5) is 3.67. The van der Waals surface area contributed by atoms with Crippen LogP contribution in [0.15, 0.2) is 40.9 Å². The van der Waals surface area contributed by atoms with Crippen LogP contribution in [0.3, 0.4) is 0 Å². The van der Waals surface area contributed by atoms with E-state index in [0.717, 1.165) is 4.47 Å². The Morgan fingerprint density at radius 1 is 1.29 bits per heavy atom. The molecule has 0 unspecified atom stereocenters. The molecule has 0 radical (unpaired) electrons. The Labute approximate surface area is 106 Å². The van der Waals surface area contributed by atoms with Gasteiger partial charge in [-0.2, -0.15) is 4.39 Å². The number of hydrogen-bond acceptors (Lipinski definition) is 3. The molecule has 1 aromatic carbocycles. The highest BCUT2D eigenvalue weighted by atomic mass is 79.9. The lowest BCUT2D eigenvalue weighted by atomic mass is 10.2. The van der Waals surface area contributed by atoms with Crippen LogP contribution in [0.4, 0.5) is 10.2 Å². The van der Waals surface area contributed by atoms with Crippen molar-refractivity contribution >= 4 is 21.7 Å². The Bertz CT molecular complexity index is 534. The topological polar surface area (TPSA) is 45.1 Å². The molecule has 0 aliphatic carbocycles. The van der Waals surface area contributed by atoms with E-state index in [2.05, 4.69) is 26.2 Å². The fraction of sp³-hybridized carbons (Fsp3) is 0.0833. The molecule has 3 nitrogen and oxygen atoms in total. The summed E-state index contributed by atoms with van der Waals surface area (Å²) >= 11 is 3.32. The minimum Gasteiger partial charge on any atom is -0.508 e. The third kappa shape index (κ3) is 3.17. The second-order valence-electron chi connectivity index (χ2n) is 3.47. The van der Waals surface area contributed by atoms with Gasteiger partial charge in [-0.1, -0.05) is 22.0 Å². The lowest BCUT2D eigenvalue weighted by Crippen LogP contribution is -2.02. The molecule has 0 aliphatic rings. The fourth-order valence-corrected chi connectivity index (χ4v) is 1.80. The first kappa shape index (κ1) is 11.9. The average Bonchev–Trinajstić information content (AvgIpc) is 2.30. The molecule has 17 heavy (non-hydrogen) atoms. The molecule has 0 aliphatic heterocycles. The summed E-state index contributed by atoms with van der Waals surface area (Å²) in [5, 5.41) is 12.6. The fourth-order valence-electron chi connectivity index (χ4n) is 1.39. The van der Waals surface area contributed by atoms with E-state index in [0.29, 0.717) is 17.9 Å². The molecule has 1 aromatic heterocycles. The minimum absolute atomic E-state index is 0.192. The van der Waals surface area contributed by atoms with Crippen LogP contribution in [0.2, 0.25) is 0 Å². The van der Waals surface area contributed by atoms with E-state index in [1.807, 2.05) is 0 Å². The molecular weight excluding hydrogens is 287 g/mol. The van der Waals surface area contributed by atoms with Crippen molar-refractivity contribution < 1.29 is 9.50 Å². The average molecular weight is 297 g/mol. The molecule has 88 valence electrons. The molecule has 0 saturated heterocycles. The molecule has 0 atom stereocenters. The number of halogens is 2. The number of rotatable bonds is 3. The van der Waals surface area contributed by atoms with Gasteiger partial charge in [0.25, 0.3) is 0 Å². The van der Waals surface area contributed by atoms with Crippen molar-refractivity contribution in [3.05, 3.63) is 52.4 Å². The van der Waals surface area contributed by atoms with Gasteiger partial charge in [0.1, 0.15) is 11.6 Å². The van der Waals surface area contributed by atoms with Crippen molar-refractivity contribution in [2.45, 2.75) is 6.54 Å². The van der Waals surface area contributed by atoms with Gasteiger partial charge in [-0.25, -0.2) is 4.98 Å². The van der Waals surface area contributed by atoms with Gasteiger partial charge < -0.3 is 10.4 Å². The van der Waals surface area contributed by atoms with E-state index in [1.54, 1.807) is 30.3 Å². The van der Waals surface area contributed by atoms with Crippen LogP contribution in [-0.4, -0.2) is 10.1 Å². The van der Waals surface area contributed by atoms with Crippen molar-refractivity contribution in [2.24, 2.45) is 0 Å². The Balaban J connectivity index is 2.09. The van der Waals surface area contributed by atoms with E-state index in [-0.39, 0.29) is 5.75 Å². The van der Waals surface area contributed by atoms with Crippen molar-refractivity contribution in [2.75, 3.05) is 5.32 Å². The smallest absolute Gasteiger partial charge is 0.214 e. The first-order chi connectivity index (χ1) is 8.15. The van der Waals surface area contributed by atoms with Gasteiger partial charge in [-0.15, -0.1) is 0 Å². The number of phenols is 1. The molecule has 2 rings (SSSR count). The maximum absolute atomic E-state index is 12.8. The van der Waals surface area contributed by atoms with Crippen molar-refractivity contribution in [1.29, 1.82) is 0 Å². The van der Waals surface area contributed by atoms with Crippen LogP contribution in [-0.2, 0) is 6.54 Å². The van der Waals surface area contributed by atoms with Gasteiger partial charge in [0.2, 0.25) is 5.95 Å². The number of hydrogen-bond donors (Lipinski definition) is 2. The van der Waals surface area contributed by atoms with E-state index in [1.165, 1.54) is 6.07 Å². The monoisotopic (exact) mass is 296 g/mol. The molecule has 1 heterocycles. The third-order valence-corrected chi connectivity index (χ3v) is 2.71. The number of phenolic OH excluding ortho intramolecular Hbond substituents is 1. The Kier molecular flexibility index (Phi) is 3.58. The van der Waals surface area contributed by atoms with Gasteiger partial charge >= 0.3 is 0 Å². The third-order valence-electron chi connectivity index (χ3n) is 2.22. The Hall–Kier alpha value is -1.62. The summed E-state index contributed by atoms with van der Waals surface area (Å²) in [6, 6.07) is 9.66. The van der Waals surface area contributed by atoms with Crippen LogP contribution >= 0.6 is 15.9 Å². The van der Waals surface area contributed by atoms with Crippen LogP contribution < -0.4 is 5.32 Å². The van der Waals surface area contributed by atoms with Crippen LogP contribution in [0, 0.1) is 5.95 Å². The molecule has 5 heteroatoms. The summed E-state index contributed by atoms with van der Waals surface area (Å²) < 4.78 is 13.7. The summed E-state index contributed by atoms with van der Waals surface area (Å²) in [6.07, 6.45) is 0. The first-order valence-electron chi connectivity index (χ1n) is 4.99. The van der Waals surface area contributed by atoms with Gasteiger partial charge in [0, 0.05) is 16.6 Å². The first-order valence-corrected chi connectivity index (χ1v) is 5.78. The molecule has 2 aromatic rings. The molecule has 0 bridgehead atoms. The van der Waals surface area contributed by atoms with Crippen LogP contribution in [0.25, 0.3) is 0 Å². The number of aromatic nitrogens is 1. The lowest BCUT2D eigenvalue weighted by Gasteiger charge is -2.07. The zero-order valence-corrected chi connectivity index (χ0v) is 10.4. The Morgan fingerprint density at radius 3 is 2.88 bits per heavy atom. The molecule has 0 spiro atoms. The maximum Gasteiger partial charge on any atom is 0.214 e. The van der Waals surface area contributed by atoms with Crippen LogP contribution in [0.5, 0.6) is 5.75 Å². The predicted octanol–water partition coefficient (Wildman–Crippen LogP) is 3.30. The van der Waals surface area contributed by atoms with Crippen molar-refractivity contribution in [3.63, 3.8) is 0 Å². The van der Waals surface area contributed by atoms with E-state index < -0.39 is 5.95 Å². The van der Waals surface area contributed by atoms with E-state index in [9.17, 15) is 9.50 Å². The van der Waals surface area contributed by atoms with Crippen LogP contribution in [0.1, 0.15) is 5.56 Å². The number of nitrogens with one attached hydrogen (secondary N) is 1. The van der Waals surface area contributed by atoms with Gasteiger partial charge in [-0.3, -0.25) is 0 Å². The van der Waals surface area contributed by atoms with E-state index >= 15 is 0 Å². The van der Waals surface area contributed by atoms with Crippen molar-refractivity contribution in [1.82, 2.24) is 4.98 Å². The second-order valence-corrected chi connectivity index (χ2v) is 4.39. The number of pyridine rings is 1. The highest BCUT2D eigenvalue weighted by molar-refractivity contribution is 9.10. The molecule has 0 saturated carbocycles. The SMILES string of the molecule is Oc1ccc(Br)cc1CNc1cccc(F)n1. The standard InChI is InChI=1S/C12H10BrFN2O/c13-9-4-5-10(17)8(6-9)7-15-12-3-1-2-11(14)16-12/h1-6,17H,7H2,(H,15,16).